The van der Waals surface area contributed by atoms with Crippen LogP contribution in [0.25, 0.3) is 5.76 Å². The summed E-state index contributed by atoms with van der Waals surface area (Å²) in [7, 11) is 3.83. The number of likely N-dealkylation sites (tertiary alicyclic amines) is 1. The first-order valence-corrected chi connectivity index (χ1v) is 11.6. The van der Waals surface area contributed by atoms with Crippen LogP contribution in [-0.4, -0.2) is 53.8 Å². The van der Waals surface area contributed by atoms with Gasteiger partial charge in [-0.1, -0.05) is 60.7 Å². The molecule has 1 aliphatic heterocycles. The third kappa shape index (κ3) is 5.28. The molecule has 1 aliphatic rings. The number of ether oxygens (including phenoxy) is 1. The molecule has 0 unspecified atom stereocenters. The first kappa shape index (κ1) is 24.2. The van der Waals surface area contributed by atoms with Gasteiger partial charge in [-0.25, -0.2) is 0 Å². The molecule has 4 rings (SSSR count). The van der Waals surface area contributed by atoms with Crippen LogP contribution in [-0.2, 0) is 16.2 Å². The summed E-state index contributed by atoms with van der Waals surface area (Å²) < 4.78 is 5.90. The van der Waals surface area contributed by atoms with Gasteiger partial charge in [-0.15, -0.1) is 0 Å². The molecule has 0 radical (unpaired) electrons. The summed E-state index contributed by atoms with van der Waals surface area (Å²) in [5.41, 5.74) is 3.20. The molecule has 1 heterocycles. The van der Waals surface area contributed by atoms with Crippen molar-refractivity contribution in [2.75, 3.05) is 27.2 Å². The Morgan fingerprint density at radius 3 is 2.26 bits per heavy atom. The van der Waals surface area contributed by atoms with Gasteiger partial charge in [0.1, 0.15) is 18.1 Å². The molecule has 180 valence electrons. The lowest BCUT2D eigenvalue weighted by Gasteiger charge is -2.26. The highest BCUT2D eigenvalue weighted by molar-refractivity contribution is 6.46. The highest BCUT2D eigenvalue weighted by Gasteiger charge is 2.45. The van der Waals surface area contributed by atoms with E-state index in [1.807, 2.05) is 92.6 Å². The zero-order valence-corrected chi connectivity index (χ0v) is 20.3. The Balaban J connectivity index is 1.68. The van der Waals surface area contributed by atoms with E-state index in [4.69, 9.17) is 4.74 Å². The van der Waals surface area contributed by atoms with E-state index >= 15 is 0 Å². The molecule has 6 nitrogen and oxygen atoms in total. The number of likely N-dealkylation sites (N-methyl/N-ethyl adjacent to an activating group) is 1. The normalized spacial score (nSPS) is 17.3. The van der Waals surface area contributed by atoms with E-state index in [1.54, 1.807) is 17.0 Å². The minimum absolute atomic E-state index is 0.112. The van der Waals surface area contributed by atoms with Crippen LogP contribution in [0.15, 0.2) is 84.4 Å². The van der Waals surface area contributed by atoms with Gasteiger partial charge in [0.05, 0.1) is 11.6 Å². The number of hydrogen-bond donors (Lipinski definition) is 1. The van der Waals surface area contributed by atoms with Crippen molar-refractivity contribution in [2.24, 2.45) is 0 Å². The number of amides is 1. The number of benzene rings is 3. The predicted octanol–water partition coefficient (Wildman–Crippen LogP) is 4.56. The number of Topliss-reactive ketones (excluding diaryl/α,β-unsaturated/α-hetero) is 1. The van der Waals surface area contributed by atoms with E-state index in [2.05, 4.69) is 0 Å². The Bertz CT molecular complexity index is 1240. The van der Waals surface area contributed by atoms with Crippen LogP contribution in [0.5, 0.6) is 5.75 Å². The second-order valence-electron chi connectivity index (χ2n) is 8.96. The fourth-order valence-corrected chi connectivity index (χ4v) is 4.28. The average Bonchev–Trinajstić information content (AvgIpc) is 3.12. The Morgan fingerprint density at radius 2 is 1.63 bits per heavy atom. The average molecular weight is 471 g/mol. The number of nitrogens with zero attached hydrogens (tertiary/aromatic N) is 2. The lowest BCUT2D eigenvalue weighted by molar-refractivity contribution is -0.140. The third-order valence-electron chi connectivity index (χ3n) is 6.14. The van der Waals surface area contributed by atoms with Crippen molar-refractivity contribution < 1.29 is 19.4 Å². The Hall–Kier alpha value is -3.90. The van der Waals surface area contributed by atoms with Crippen molar-refractivity contribution >= 4 is 17.4 Å². The van der Waals surface area contributed by atoms with E-state index in [0.717, 1.165) is 16.7 Å². The zero-order valence-electron chi connectivity index (χ0n) is 20.3. The summed E-state index contributed by atoms with van der Waals surface area (Å²) in [4.78, 5) is 29.7. The zero-order chi connectivity index (χ0) is 24.9. The van der Waals surface area contributed by atoms with E-state index in [0.29, 0.717) is 31.0 Å². The number of aryl methyl sites for hydroxylation is 1. The van der Waals surface area contributed by atoms with Crippen molar-refractivity contribution in [3.8, 4) is 5.75 Å². The number of aliphatic hydroxyl groups is 1. The van der Waals surface area contributed by atoms with E-state index in [1.165, 1.54) is 0 Å². The van der Waals surface area contributed by atoms with Gasteiger partial charge in [0.15, 0.2) is 0 Å². The quantitative estimate of drug-likeness (QED) is 0.297. The summed E-state index contributed by atoms with van der Waals surface area (Å²) in [6.45, 7) is 3.25. The molecule has 1 amide bonds. The molecule has 3 aromatic carbocycles. The summed E-state index contributed by atoms with van der Waals surface area (Å²) in [6, 6.07) is 23.9. The van der Waals surface area contributed by atoms with Crippen LogP contribution in [0.1, 0.15) is 28.3 Å². The highest BCUT2D eigenvalue weighted by Crippen LogP contribution is 2.40. The minimum atomic E-state index is -0.668. The van der Waals surface area contributed by atoms with E-state index < -0.39 is 17.7 Å². The summed E-state index contributed by atoms with van der Waals surface area (Å²) in [6.07, 6.45) is 0. The van der Waals surface area contributed by atoms with Crippen molar-refractivity contribution in [2.45, 2.75) is 19.6 Å². The Kier molecular flexibility index (Phi) is 7.32. The highest BCUT2D eigenvalue weighted by atomic mass is 16.5. The number of carbonyl (C=O) groups excluding carboxylic acids is 2. The SMILES string of the molecule is Cc1cc(OCc2ccccc2)ccc1C(O)=C1C(=O)C(=O)N(CCN(C)C)[C@@H]1c1ccccc1. The monoisotopic (exact) mass is 470 g/mol. The van der Waals surface area contributed by atoms with E-state index in [-0.39, 0.29) is 11.3 Å². The molecule has 0 saturated carbocycles. The predicted molar refractivity (Wildman–Crippen MR) is 136 cm³/mol. The number of ketones is 1. The van der Waals surface area contributed by atoms with Crippen LogP contribution in [0.2, 0.25) is 0 Å². The fourth-order valence-electron chi connectivity index (χ4n) is 4.28. The maximum absolute atomic E-state index is 13.1. The first-order valence-electron chi connectivity index (χ1n) is 11.6. The van der Waals surface area contributed by atoms with Crippen LogP contribution in [0.3, 0.4) is 0 Å². The van der Waals surface area contributed by atoms with Gasteiger partial charge in [-0.3, -0.25) is 9.59 Å². The topological polar surface area (TPSA) is 70.1 Å². The van der Waals surface area contributed by atoms with Crippen molar-refractivity contribution in [3.63, 3.8) is 0 Å². The lowest BCUT2D eigenvalue weighted by atomic mass is 9.94. The Labute approximate surface area is 206 Å². The largest absolute Gasteiger partial charge is 0.507 e. The van der Waals surface area contributed by atoms with Gasteiger partial charge >= 0.3 is 0 Å². The van der Waals surface area contributed by atoms with Gasteiger partial charge in [0, 0.05) is 18.7 Å². The molecule has 1 fully saturated rings. The lowest BCUT2D eigenvalue weighted by Crippen LogP contribution is -2.35. The summed E-state index contributed by atoms with van der Waals surface area (Å²) in [5, 5.41) is 11.3. The van der Waals surface area contributed by atoms with Gasteiger partial charge in [0.2, 0.25) is 0 Å². The molecule has 0 aliphatic carbocycles. The summed E-state index contributed by atoms with van der Waals surface area (Å²) >= 11 is 0. The van der Waals surface area contributed by atoms with Crippen LogP contribution in [0, 0.1) is 6.92 Å². The molecule has 0 bridgehead atoms. The molecule has 1 atom stereocenters. The number of rotatable bonds is 8. The van der Waals surface area contributed by atoms with Crippen LogP contribution < -0.4 is 4.74 Å². The second-order valence-corrected chi connectivity index (χ2v) is 8.96. The van der Waals surface area contributed by atoms with E-state index in [9.17, 15) is 14.7 Å². The molecule has 1 N–H and O–H groups in total. The molecule has 0 aromatic heterocycles. The number of carbonyl (C=O) groups is 2. The molecule has 6 heteroatoms. The van der Waals surface area contributed by atoms with Crippen LogP contribution in [0.4, 0.5) is 0 Å². The number of aliphatic hydroxyl groups excluding tert-OH is 1. The molecular weight excluding hydrogens is 440 g/mol. The summed E-state index contributed by atoms with van der Waals surface area (Å²) in [5.74, 6) is -0.771. The smallest absolute Gasteiger partial charge is 0.295 e. The second kappa shape index (κ2) is 10.6. The third-order valence-corrected chi connectivity index (χ3v) is 6.14. The maximum Gasteiger partial charge on any atom is 0.295 e. The first-order chi connectivity index (χ1) is 16.9. The van der Waals surface area contributed by atoms with Gasteiger partial charge in [-0.2, -0.15) is 0 Å². The molecule has 35 heavy (non-hydrogen) atoms. The Morgan fingerprint density at radius 1 is 0.971 bits per heavy atom. The molecule has 0 spiro atoms. The minimum Gasteiger partial charge on any atom is -0.507 e. The fraction of sp³-hybridized carbons (Fsp3) is 0.241. The molecular formula is C29H30N2O4. The van der Waals surface area contributed by atoms with Gasteiger partial charge in [0.25, 0.3) is 11.7 Å². The maximum atomic E-state index is 13.1. The van der Waals surface area contributed by atoms with Gasteiger partial charge < -0.3 is 19.6 Å². The number of hydrogen-bond acceptors (Lipinski definition) is 5. The van der Waals surface area contributed by atoms with Gasteiger partial charge in [-0.05, 0) is 55.9 Å². The standard InChI is InChI=1S/C29H30N2O4/c1-20-18-23(35-19-21-10-6-4-7-11-21)14-15-24(20)27(32)25-26(22-12-8-5-9-13-22)31(17-16-30(2)3)29(34)28(25)33/h4-15,18,26,32H,16-17,19H2,1-3H3/t26-/m1/s1. The molecule has 1 saturated heterocycles. The van der Waals surface area contributed by atoms with Crippen molar-refractivity contribution in [1.82, 2.24) is 9.80 Å². The van der Waals surface area contributed by atoms with Crippen molar-refractivity contribution in [3.05, 3.63) is 107 Å². The molecule has 3 aromatic rings. The van der Waals surface area contributed by atoms with Crippen molar-refractivity contribution in [1.29, 1.82) is 0 Å². The van der Waals surface area contributed by atoms with Crippen LogP contribution >= 0.6 is 0 Å².